The monoisotopic (exact) mass is 381 g/mol. The van der Waals surface area contributed by atoms with E-state index in [2.05, 4.69) is 84.3 Å². The molecule has 0 amide bonds. The average Bonchev–Trinajstić information content (AvgIpc) is 3.43. The van der Waals surface area contributed by atoms with E-state index in [0.717, 1.165) is 34.0 Å². The van der Waals surface area contributed by atoms with Gasteiger partial charge >= 0.3 is 164 Å². The van der Waals surface area contributed by atoms with Gasteiger partial charge < -0.3 is 0 Å². The van der Waals surface area contributed by atoms with E-state index in [4.69, 9.17) is 5.73 Å². The van der Waals surface area contributed by atoms with Crippen LogP contribution in [-0.4, -0.2) is 4.35 Å². The summed E-state index contributed by atoms with van der Waals surface area (Å²) in [6.45, 7) is 5.96. The largest absolute Gasteiger partial charge is 0 e. The van der Waals surface area contributed by atoms with Crippen molar-refractivity contribution < 1.29 is 19.8 Å². The first-order valence-corrected chi connectivity index (χ1v) is 9.59. The van der Waals surface area contributed by atoms with E-state index >= 15 is 0 Å². The third-order valence-electron chi connectivity index (χ3n) is 5.32. The van der Waals surface area contributed by atoms with Crippen molar-refractivity contribution in [2.75, 3.05) is 5.73 Å². The van der Waals surface area contributed by atoms with Crippen molar-refractivity contribution in [2.24, 2.45) is 0 Å². The molecule has 0 aliphatic heterocycles. The molecule has 1 fully saturated rings. The molecule has 0 spiro atoms. The van der Waals surface area contributed by atoms with Crippen LogP contribution in [0.15, 0.2) is 61.2 Å². The fourth-order valence-corrected chi connectivity index (χ4v) is 4.41. The maximum Gasteiger partial charge on any atom is 0 e. The summed E-state index contributed by atoms with van der Waals surface area (Å²) in [5.74, 6) is 0. The van der Waals surface area contributed by atoms with Crippen LogP contribution in [0.25, 0.3) is 16.8 Å². The number of fused-ring (bicyclic) bond motifs is 1. The Kier molecular flexibility index (Phi) is 4.36. The van der Waals surface area contributed by atoms with Crippen LogP contribution in [0.4, 0.5) is 5.69 Å². The van der Waals surface area contributed by atoms with Gasteiger partial charge in [0.1, 0.15) is 0 Å². The smallest absolute Gasteiger partial charge is 0 e. The minimum absolute atomic E-state index is 0. The first kappa shape index (κ1) is 17.3. The van der Waals surface area contributed by atoms with Crippen LogP contribution >= 0.6 is 0 Å². The van der Waals surface area contributed by atoms with Crippen LogP contribution in [0.3, 0.4) is 0 Å². The Hall–Kier alpha value is -2.13. The van der Waals surface area contributed by atoms with Gasteiger partial charge in [-0.15, -0.1) is 0 Å². The maximum atomic E-state index is 6.18. The van der Waals surface area contributed by atoms with Crippen molar-refractivity contribution in [1.29, 1.82) is 0 Å². The van der Waals surface area contributed by atoms with Crippen LogP contribution in [0.1, 0.15) is 37.9 Å². The molecule has 2 nitrogen and oxygen atoms in total. The Morgan fingerprint density at radius 3 is 2.65 bits per heavy atom. The molecule has 3 heteroatoms. The van der Waals surface area contributed by atoms with Crippen molar-refractivity contribution in [3.63, 3.8) is 0 Å². The Morgan fingerprint density at radius 2 is 1.92 bits per heavy atom. The molecule has 133 valence electrons. The second kappa shape index (κ2) is 6.55. The van der Waals surface area contributed by atoms with Gasteiger partial charge in [-0.2, -0.15) is 0 Å². The number of hydrogen-bond acceptors (Lipinski definition) is 2. The third kappa shape index (κ3) is 2.95. The fraction of sp³-hybridized carbons (Fsp3) is 0.174. The van der Waals surface area contributed by atoms with E-state index in [0.29, 0.717) is 0 Å². The second-order valence-corrected chi connectivity index (χ2v) is 7.78. The summed E-state index contributed by atoms with van der Waals surface area (Å²) in [5.41, 5.74) is 11.7. The van der Waals surface area contributed by atoms with Crippen molar-refractivity contribution in [3.8, 4) is 0 Å². The van der Waals surface area contributed by atoms with Crippen LogP contribution in [0.5, 0.6) is 0 Å². The fourth-order valence-electron chi connectivity index (χ4n) is 3.70. The van der Waals surface area contributed by atoms with Gasteiger partial charge in [-0.1, -0.05) is 0 Å². The number of benzene rings is 3. The molecule has 0 radical (unpaired) electrons. The summed E-state index contributed by atoms with van der Waals surface area (Å²) in [5, 5.41) is 6.43. The molecule has 3 N–H and O–H groups in total. The van der Waals surface area contributed by atoms with Gasteiger partial charge in [-0.05, 0) is 0 Å². The minimum Gasteiger partial charge on any atom is 0 e. The number of nitrogens with two attached hydrogens (primary N) is 1. The van der Waals surface area contributed by atoms with Gasteiger partial charge in [-0.25, -0.2) is 0 Å². The van der Waals surface area contributed by atoms with Gasteiger partial charge in [0.25, 0.3) is 0 Å². The molecular formula is C23H26N2V. The zero-order chi connectivity index (χ0) is 18.3. The number of aryl methyl sites for hydroxylation is 1. The molecule has 3 aromatic rings. The number of nitrogens with one attached hydrogen (secondary N) is 1. The topological polar surface area (TPSA) is 38.0 Å². The van der Waals surface area contributed by atoms with E-state index in [1.165, 1.54) is 21.9 Å². The third-order valence-corrected chi connectivity index (χ3v) is 5.87. The Labute approximate surface area is 166 Å². The molecule has 0 aromatic heterocycles. The molecule has 1 aliphatic rings. The van der Waals surface area contributed by atoms with E-state index in [1.54, 1.807) is 0 Å². The zero-order valence-electron chi connectivity index (χ0n) is 14.9. The van der Waals surface area contributed by atoms with Crippen molar-refractivity contribution in [2.45, 2.75) is 25.3 Å². The molecular weight excluding hydrogens is 355 g/mol. The van der Waals surface area contributed by atoms with E-state index in [-0.39, 0.29) is 8.39 Å². The summed E-state index contributed by atoms with van der Waals surface area (Å²) < 4.78 is 1.11. The van der Waals surface area contributed by atoms with Gasteiger partial charge in [0.2, 0.25) is 0 Å². The molecule has 0 heterocycles. The van der Waals surface area contributed by atoms with Crippen molar-refractivity contribution in [3.05, 3.63) is 83.4 Å². The normalized spacial score (nSPS) is 14.9. The molecule has 3 aromatic carbocycles. The molecule has 0 atom stereocenters. The number of hydrogen-bond donors (Lipinski definition) is 2. The van der Waals surface area contributed by atoms with E-state index < -0.39 is 0 Å². The molecule has 0 unspecified atom stereocenters. The summed E-state index contributed by atoms with van der Waals surface area (Å²) in [4.78, 5) is 0. The minimum atomic E-state index is 0. The summed E-state index contributed by atoms with van der Waals surface area (Å²) in [7, 11) is 0. The van der Waals surface area contributed by atoms with E-state index in [9.17, 15) is 0 Å². The Morgan fingerprint density at radius 1 is 1.19 bits per heavy atom. The average molecular weight is 381 g/mol. The molecule has 0 bridgehead atoms. The second-order valence-electron chi connectivity index (χ2n) is 7.08. The molecule has 4 rings (SSSR count). The predicted octanol–water partition coefficient (Wildman–Crippen LogP) is 5.17. The Balaban J connectivity index is 0.00000140. The SMILES string of the molecule is C=Cc1cc(C)c([C](=[V])NC2(c3cccc4ccccc34)CC2)cc1N.[HH].[HH]. The van der Waals surface area contributed by atoms with Gasteiger partial charge in [0.05, 0.1) is 0 Å². The van der Waals surface area contributed by atoms with Crippen LogP contribution in [0.2, 0.25) is 0 Å². The van der Waals surface area contributed by atoms with Crippen molar-refractivity contribution in [1.82, 2.24) is 5.32 Å². The van der Waals surface area contributed by atoms with Crippen LogP contribution in [-0.2, 0) is 22.5 Å². The first-order chi connectivity index (χ1) is 12.5. The molecule has 1 saturated carbocycles. The molecule has 1 aliphatic carbocycles. The summed E-state index contributed by atoms with van der Waals surface area (Å²) in [6, 6.07) is 19.4. The standard InChI is InChI=1S/C23H22N2.V.2H2/c1-3-17-13-16(2)19(14-22(17)24)15-25-23(11-12-23)21-10-6-8-18-7-4-5-9-20(18)21;;;/h3-10,13-14,25H,1,11-12,24H2,2H3;;2*1H. The maximum absolute atomic E-state index is 6.18. The van der Waals surface area contributed by atoms with E-state index in [1.807, 2.05) is 12.1 Å². The van der Waals surface area contributed by atoms with Gasteiger partial charge in [0, 0.05) is 2.85 Å². The predicted molar refractivity (Wildman–Crippen MR) is 112 cm³/mol. The summed E-state index contributed by atoms with van der Waals surface area (Å²) in [6.07, 6.45) is 4.09. The Bertz CT molecular complexity index is 1040. The summed E-state index contributed by atoms with van der Waals surface area (Å²) >= 11 is 2.70. The number of nitrogen functional groups attached to an aromatic ring is 1. The van der Waals surface area contributed by atoms with Crippen molar-refractivity contribution >= 4 is 26.9 Å². The molecule has 26 heavy (non-hydrogen) atoms. The first-order valence-electron chi connectivity index (χ1n) is 8.89. The van der Waals surface area contributed by atoms with Crippen LogP contribution in [0, 0.1) is 6.92 Å². The van der Waals surface area contributed by atoms with Gasteiger partial charge in [0.15, 0.2) is 0 Å². The zero-order valence-corrected chi connectivity index (χ0v) is 16.3. The number of anilines is 1. The molecule has 0 saturated heterocycles. The van der Waals surface area contributed by atoms with Crippen LogP contribution < -0.4 is 11.1 Å². The number of rotatable bonds is 5. The van der Waals surface area contributed by atoms with Gasteiger partial charge in [-0.3, -0.25) is 0 Å². The quantitative estimate of drug-likeness (QED) is 0.599.